The maximum absolute atomic E-state index is 3.47. The van der Waals surface area contributed by atoms with Gasteiger partial charge in [0.25, 0.3) is 0 Å². The number of piperidine rings is 3. The molecule has 0 spiro atoms. The van der Waals surface area contributed by atoms with Gasteiger partial charge in [-0.2, -0.15) is 0 Å². The van der Waals surface area contributed by atoms with Gasteiger partial charge in [-0.05, 0) is 96.6 Å². The van der Waals surface area contributed by atoms with Crippen LogP contribution in [0.3, 0.4) is 0 Å². The fourth-order valence-corrected chi connectivity index (χ4v) is 4.70. The van der Waals surface area contributed by atoms with E-state index in [-0.39, 0.29) is 0 Å². The van der Waals surface area contributed by atoms with Gasteiger partial charge >= 0.3 is 0 Å². The van der Waals surface area contributed by atoms with Crippen molar-refractivity contribution in [1.29, 1.82) is 0 Å². The number of rotatable bonds is 4. The molecule has 1 N–H and O–H groups in total. The molecule has 0 amide bonds. The molecule has 0 saturated carbocycles. The van der Waals surface area contributed by atoms with Crippen LogP contribution in [0.1, 0.15) is 44.9 Å². The molecule has 0 aromatic rings. The van der Waals surface area contributed by atoms with E-state index in [1.54, 1.807) is 0 Å². The van der Waals surface area contributed by atoms with Gasteiger partial charge in [0.05, 0.1) is 0 Å². The quantitative estimate of drug-likeness (QED) is 0.851. The molecular formula is C17H33N3. The van der Waals surface area contributed by atoms with Gasteiger partial charge in [0, 0.05) is 12.6 Å². The Morgan fingerprint density at radius 3 is 2.75 bits per heavy atom. The minimum Gasteiger partial charge on any atom is -0.317 e. The third-order valence-electron chi connectivity index (χ3n) is 5.98. The molecule has 20 heavy (non-hydrogen) atoms. The van der Waals surface area contributed by atoms with Crippen molar-refractivity contribution in [3.05, 3.63) is 0 Å². The Morgan fingerprint density at radius 1 is 1.05 bits per heavy atom. The van der Waals surface area contributed by atoms with Gasteiger partial charge < -0.3 is 15.1 Å². The van der Waals surface area contributed by atoms with Gasteiger partial charge in [0.2, 0.25) is 0 Å². The van der Waals surface area contributed by atoms with E-state index in [0.717, 1.165) is 17.9 Å². The summed E-state index contributed by atoms with van der Waals surface area (Å²) in [5.74, 6) is 1.97. The van der Waals surface area contributed by atoms with Crippen LogP contribution >= 0.6 is 0 Å². The molecule has 0 radical (unpaired) electrons. The van der Waals surface area contributed by atoms with E-state index in [2.05, 4.69) is 22.2 Å². The van der Waals surface area contributed by atoms with Crippen LogP contribution in [0.25, 0.3) is 0 Å². The fourth-order valence-electron chi connectivity index (χ4n) is 4.70. The van der Waals surface area contributed by atoms with Crippen molar-refractivity contribution < 1.29 is 0 Å². The van der Waals surface area contributed by atoms with Gasteiger partial charge in [0.15, 0.2) is 0 Å². The molecule has 3 rings (SSSR count). The normalized spacial score (nSPS) is 34.0. The Balaban J connectivity index is 1.36. The minimum atomic E-state index is 0.893. The van der Waals surface area contributed by atoms with Crippen LogP contribution in [0, 0.1) is 11.8 Å². The van der Waals surface area contributed by atoms with Gasteiger partial charge in [-0.3, -0.25) is 0 Å². The van der Waals surface area contributed by atoms with E-state index in [9.17, 15) is 0 Å². The van der Waals surface area contributed by atoms with Crippen molar-refractivity contribution in [1.82, 2.24) is 15.1 Å². The van der Waals surface area contributed by atoms with Crippen LogP contribution in [0.15, 0.2) is 0 Å². The van der Waals surface area contributed by atoms with Gasteiger partial charge in [-0.25, -0.2) is 0 Å². The van der Waals surface area contributed by atoms with Gasteiger partial charge in [0.1, 0.15) is 0 Å². The monoisotopic (exact) mass is 279 g/mol. The maximum atomic E-state index is 3.47. The van der Waals surface area contributed by atoms with Crippen molar-refractivity contribution in [3.8, 4) is 0 Å². The number of hydrogen-bond donors (Lipinski definition) is 1. The molecule has 0 aliphatic carbocycles. The molecule has 2 atom stereocenters. The van der Waals surface area contributed by atoms with Crippen LogP contribution in [-0.2, 0) is 0 Å². The second-order valence-corrected chi connectivity index (χ2v) is 7.38. The second-order valence-electron chi connectivity index (χ2n) is 7.38. The molecule has 116 valence electrons. The van der Waals surface area contributed by atoms with Gasteiger partial charge in [-0.1, -0.05) is 0 Å². The molecule has 0 aromatic heterocycles. The lowest BCUT2D eigenvalue weighted by molar-refractivity contribution is 0.0374. The summed E-state index contributed by atoms with van der Waals surface area (Å²) in [6.07, 6.45) is 10.0. The number of hydrogen-bond acceptors (Lipinski definition) is 3. The first-order valence-corrected chi connectivity index (χ1v) is 8.96. The summed E-state index contributed by atoms with van der Waals surface area (Å²) in [4.78, 5) is 5.39. The van der Waals surface area contributed by atoms with E-state index < -0.39 is 0 Å². The summed E-state index contributed by atoms with van der Waals surface area (Å²) in [6, 6.07) is 0.893. The Labute approximate surface area is 125 Å². The topological polar surface area (TPSA) is 18.5 Å². The lowest BCUT2D eigenvalue weighted by Gasteiger charge is -2.46. The summed E-state index contributed by atoms with van der Waals surface area (Å²) < 4.78 is 0. The SMILES string of the molecule is CN1CCCC2CN(CCCC3CCNCC3)CCC21. The molecule has 0 bridgehead atoms. The van der Waals surface area contributed by atoms with Crippen LogP contribution in [0.2, 0.25) is 0 Å². The highest BCUT2D eigenvalue weighted by atomic mass is 15.2. The van der Waals surface area contributed by atoms with Crippen LogP contribution in [-0.4, -0.2) is 62.2 Å². The van der Waals surface area contributed by atoms with E-state index in [4.69, 9.17) is 0 Å². The van der Waals surface area contributed by atoms with E-state index in [1.807, 2.05) is 0 Å². The van der Waals surface area contributed by atoms with Crippen molar-refractivity contribution >= 4 is 0 Å². The molecule has 3 heteroatoms. The van der Waals surface area contributed by atoms with E-state index in [0.29, 0.717) is 0 Å². The molecule has 3 aliphatic heterocycles. The molecule has 3 aliphatic rings. The van der Waals surface area contributed by atoms with Crippen molar-refractivity contribution in [2.24, 2.45) is 11.8 Å². The lowest BCUT2D eigenvalue weighted by Crippen LogP contribution is -2.52. The first-order chi connectivity index (χ1) is 9.83. The summed E-state index contributed by atoms with van der Waals surface area (Å²) in [6.45, 7) is 7.92. The summed E-state index contributed by atoms with van der Waals surface area (Å²) in [5.41, 5.74) is 0. The third kappa shape index (κ3) is 3.75. The molecule has 3 nitrogen and oxygen atoms in total. The van der Waals surface area contributed by atoms with Crippen molar-refractivity contribution in [2.75, 3.05) is 46.3 Å². The van der Waals surface area contributed by atoms with Crippen LogP contribution in [0.5, 0.6) is 0 Å². The van der Waals surface area contributed by atoms with Crippen molar-refractivity contribution in [3.63, 3.8) is 0 Å². The summed E-state index contributed by atoms with van der Waals surface area (Å²) in [5, 5.41) is 3.47. The highest BCUT2D eigenvalue weighted by molar-refractivity contribution is 4.89. The van der Waals surface area contributed by atoms with E-state index >= 15 is 0 Å². The first kappa shape index (κ1) is 14.8. The lowest BCUT2D eigenvalue weighted by atomic mass is 9.84. The largest absolute Gasteiger partial charge is 0.317 e. The predicted octanol–water partition coefficient (Wildman–Crippen LogP) is 2.18. The highest BCUT2D eigenvalue weighted by Crippen LogP contribution is 2.29. The number of nitrogens with one attached hydrogen (secondary N) is 1. The van der Waals surface area contributed by atoms with Gasteiger partial charge in [-0.15, -0.1) is 0 Å². The average molecular weight is 279 g/mol. The Kier molecular flexibility index (Phi) is 5.36. The number of likely N-dealkylation sites (tertiary alicyclic amines) is 2. The van der Waals surface area contributed by atoms with E-state index in [1.165, 1.54) is 84.2 Å². The number of fused-ring (bicyclic) bond motifs is 1. The molecule has 3 saturated heterocycles. The fraction of sp³-hybridized carbons (Fsp3) is 1.00. The Hall–Kier alpha value is -0.120. The smallest absolute Gasteiger partial charge is 0.0145 e. The molecule has 0 aromatic carbocycles. The van der Waals surface area contributed by atoms with Crippen molar-refractivity contribution in [2.45, 2.75) is 51.0 Å². The average Bonchev–Trinajstić information content (AvgIpc) is 2.48. The first-order valence-electron chi connectivity index (χ1n) is 8.96. The van der Waals surface area contributed by atoms with Crippen LogP contribution in [0.4, 0.5) is 0 Å². The third-order valence-corrected chi connectivity index (χ3v) is 5.98. The molecule has 2 unspecified atom stereocenters. The maximum Gasteiger partial charge on any atom is 0.0145 e. The standard InChI is InChI=1S/C17H33N3/c1-19-11-3-5-16-14-20(13-8-17(16)19)12-2-4-15-6-9-18-10-7-15/h15-18H,2-14H2,1H3. The Bertz CT molecular complexity index is 288. The zero-order valence-corrected chi connectivity index (χ0v) is 13.3. The molecule has 3 heterocycles. The number of nitrogens with zero attached hydrogens (tertiary/aromatic N) is 2. The zero-order valence-electron chi connectivity index (χ0n) is 13.3. The highest BCUT2D eigenvalue weighted by Gasteiger charge is 2.33. The van der Waals surface area contributed by atoms with Crippen LogP contribution < -0.4 is 5.32 Å². The summed E-state index contributed by atoms with van der Waals surface area (Å²) >= 11 is 0. The zero-order chi connectivity index (χ0) is 13.8. The Morgan fingerprint density at radius 2 is 1.90 bits per heavy atom. The predicted molar refractivity (Wildman–Crippen MR) is 85.0 cm³/mol. The minimum absolute atomic E-state index is 0.893. The summed E-state index contributed by atoms with van der Waals surface area (Å²) in [7, 11) is 2.34. The molecule has 3 fully saturated rings. The second kappa shape index (κ2) is 7.24. The molecular weight excluding hydrogens is 246 g/mol.